The SMILES string of the molecule is CCCCC(=O)Nc1cnc(-n2nc(C)cc2C)nc1. The fourth-order valence-electron chi connectivity index (χ4n) is 1.89. The van der Waals surface area contributed by atoms with E-state index in [9.17, 15) is 4.79 Å². The Morgan fingerprint density at radius 2 is 2.00 bits per heavy atom. The second kappa shape index (κ2) is 6.27. The average Bonchev–Trinajstić information content (AvgIpc) is 2.76. The zero-order valence-electron chi connectivity index (χ0n) is 12.1. The van der Waals surface area contributed by atoms with Crippen molar-refractivity contribution in [3.8, 4) is 5.95 Å². The van der Waals surface area contributed by atoms with E-state index in [1.54, 1.807) is 17.1 Å². The molecule has 106 valence electrons. The maximum atomic E-state index is 11.6. The van der Waals surface area contributed by atoms with E-state index in [4.69, 9.17) is 0 Å². The smallest absolute Gasteiger partial charge is 0.250 e. The molecule has 0 radical (unpaired) electrons. The molecule has 0 unspecified atom stereocenters. The van der Waals surface area contributed by atoms with E-state index in [2.05, 4.69) is 27.3 Å². The van der Waals surface area contributed by atoms with Gasteiger partial charge in [0, 0.05) is 12.1 Å². The molecule has 20 heavy (non-hydrogen) atoms. The van der Waals surface area contributed by atoms with Crippen molar-refractivity contribution in [1.29, 1.82) is 0 Å². The third-order valence-electron chi connectivity index (χ3n) is 2.88. The molecule has 1 amide bonds. The molecule has 6 heteroatoms. The third-order valence-corrected chi connectivity index (χ3v) is 2.88. The lowest BCUT2D eigenvalue weighted by atomic mass is 10.2. The van der Waals surface area contributed by atoms with Crippen molar-refractivity contribution in [2.45, 2.75) is 40.0 Å². The van der Waals surface area contributed by atoms with Crippen LogP contribution < -0.4 is 5.32 Å². The Hall–Kier alpha value is -2.24. The minimum atomic E-state index is -0.00526. The van der Waals surface area contributed by atoms with Gasteiger partial charge in [-0.15, -0.1) is 0 Å². The second-order valence-corrected chi connectivity index (χ2v) is 4.76. The molecule has 6 nitrogen and oxygen atoms in total. The topological polar surface area (TPSA) is 72.7 Å². The van der Waals surface area contributed by atoms with Crippen LogP contribution in [0.3, 0.4) is 0 Å². The van der Waals surface area contributed by atoms with Gasteiger partial charge in [0.2, 0.25) is 5.91 Å². The van der Waals surface area contributed by atoms with Gasteiger partial charge >= 0.3 is 0 Å². The molecular formula is C14H19N5O. The van der Waals surface area contributed by atoms with E-state index in [0.29, 0.717) is 18.1 Å². The number of aromatic nitrogens is 4. The predicted molar refractivity (Wildman–Crippen MR) is 76.8 cm³/mol. The van der Waals surface area contributed by atoms with Crippen LogP contribution in [0.5, 0.6) is 0 Å². The van der Waals surface area contributed by atoms with Gasteiger partial charge in [0.15, 0.2) is 0 Å². The quantitative estimate of drug-likeness (QED) is 0.908. The van der Waals surface area contributed by atoms with Crippen molar-refractivity contribution in [3.63, 3.8) is 0 Å². The molecule has 0 aliphatic heterocycles. The van der Waals surface area contributed by atoms with Crippen LogP contribution in [0, 0.1) is 13.8 Å². The van der Waals surface area contributed by atoms with Crippen LogP contribution in [0.1, 0.15) is 37.6 Å². The lowest BCUT2D eigenvalue weighted by Crippen LogP contribution is -2.12. The maximum Gasteiger partial charge on any atom is 0.250 e. The number of rotatable bonds is 5. The van der Waals surface area contributed by atoms with Crippen molar-refractivity contribution in [2.24, 2.45) is 0 Å². The molecule has 0 aliphatic rings. The van der Waals surface area contributed by atoms with Gasteiger partial charge in [-0.3, -0.25) is 4.79 Å². The second-order valence-electron chi connectivity index (χ2n) is 4.76. The number of amides is 1. The highest BCUT2D eigenvalue weighted by atomic mass is 16.1. The predicted octanol–water partition coefficient (Wildman–Crippen LogP) is 2.41. The number of carbonyl (C=O) groups excluding carboxylic acids is 1. The monoisotopic (exact) mass is 273 g/mol. The van der Waals surface area contributed by atoms with E-state index in [1.807, 2.05) is 19.9 Å². The molecule has 0 saturated heterocycles. The lowest BCUT2D eigenvalue weighted by Gasteiger charge is -2.05. The van der Waals surface area contributed by atoms with Crippen molar-refractivity contribution in [2.75, 3.05) is 5.32 Å². The molecule has 0 saturated carbocycles. The number of nitrogens with one attached hydrogen (secondary N) is 1. The molecule has 2 heterocycles. The number of aryl methyl sites for hydroxylation is 2. The van der Waals surface area contributed by atoms with E-state index in [0.717, 1.165) is 24.2 Å². The Morgan fingerprint density at radius 3 is 2.55 bits per heavy atom. The van der Waals surface area contributed by atoms with Crippen molar-refractivity contribution in [1.82, 2.24) is 19.7 Å². The Kier molecular flexibility index (Phi) is 4.45. The normalized spacial score (nSPS) is 10.6. The van der Waals surface area contributed by atoms with Crippen molar-refractivity contribution >= 4 is 11.6 Å². The number of anilines is 1. The highest BCUT2D eigenvalue weighted by molar-refractivity contribution is 5.90. The molecule has 0 aliphatic carbocycles. The van der Waals surface area contributed by atoms with E-state index >= 15 is 0 Å². The fraction of sp³-hybridized carbons (Fsp3) is 0.429. The summed E-state index contributed by atoms with van der Waals surface area (Å²) in [5, 5.41) is 7.10. The van der Waals surface area contributed by atoms with Gasteiger partial charge in [-0.05, 0) is 26.3 Å². The van der Waals surface area contributed by atoms with Crippen LogP contribution in [-0.4, -0.2) is 25.7 Å². The zero-order chi connectivity index (χ0) is 14.5. The highest BCUT2D eigenvalue weighted by Gasteiger charge is 2.07. The van der Waals surface area contributed by atoms with E-state index in [1.165, 1.54) is 0 Å². The lowest BCUT2D eigenvalue weighted by molar-refractivity contribution is -0.116. The molecular weight excluding hydrogens is 254 g/mol. The van der Waals surface area contributed by atoms with Crippen LogP contribution in [-0.2, 0) is 4.79 Å². The van der Waals surface area contributed by atoms with Crippen LogP contribution in [0.4, 0.5) is 5.69 Å². The summed E-state index contributed by atoms with van der Waals surface area (Å²) < 4.78 is 1.68. The molecule has 0 atom stereocenters. The Balaban J connectivity index is 2.07. The van der Waals surface area contributed by atoms with Crippen LogP contribution in [0.25, 0.3) is 5.95 Å². The summed E-state index contributed by atoms with van der Waals surface area (Å²) in [5.41, 5.74) is 2.50. The van der Waals surface area contributed by atoms with E-state index in [-0.39, 0.29) is 5.91 Å². The standard InChI is InChI=1S/C14H19N5O/c1-4-5-6-13(20)17-12-8-15-14(16-9-12)19-11(3)7-10(2)18-19/h7-9H,4-6H2,1-3H3,(H,17,20). The molecule has 0 spiro atoms. The van der Waals surface area contributed by atoms with E-state index < -0.39 is 0 Å². The number of carbonyl (C=O) groups is 1. The first-order chi connectivity index (χ1) is 9.60. The minimum Gasteiger partial charge on any atom is -0.323 e. The largest absolute Gasteiger partial charge is 0.323 e. The average molecular weight is 273 g/mol. The molecule has 1 N–H and O–H groups in total. The minimum absolute atomic E-state index is 0.00526. The number of unbranched alkanes of at least 4 members (excludes halogenated alkanes) is 1. The van der Waals surface area contributed by atoms with Gasteiger partial charge in [0.05, 0.1) is 23.8 Å². The molecule has 0 aromatic carbocycles. The molecule has 2 aromatic heterocycles. The summed E-state index contributed by atoms with van der Waals surface area (Å²) in [6, 6.07) is 1.96. The summed E-state index contributed by atoms with van der Waals surface area (Å²) in [5.74, 6) is 0.497. The van der Waals surface area contributed by atoms with Crippen molar-refractivity contribution < 1.29 is 4.79 Å². The number of nitrogens with zero attached hydrogens (tertiary/aromatic N) is 4. The maximum absolute atomic E-state index is 11.6. The van der Waals surface area contributed by atoms with Crippen LogP contribution in [0.2, 0.25) is 0 Å². The van der Waals surface area contributed by atoms with Crippen LogP contribution >= 0.6 is 0 Å². The Bertz CT molecular complexity index is 588. The molecule has 2 rings (SSSR count). The van der Waals surface area contributed by atoms with Gasteiger partial charge in [-0.25, -0.2) is 14.6 Å². The number of hydrogen-bond acceptors (Lipinski definition) is 4. The molecule has 2 aromatic rings. The third kappa shape index (κ3) is 3.40. The fourth-order valence-corrected chi connectivity index (χ4v) is 1.89. The first-order valence-corrected chi connectivity index (χ1v) is 6.75. The van der Waals surface area contributed by atoms with Gasteiger partial charge in [0.25, 0.3) is 5.95 Å². The Labute approximate surface area is 118 Å². The first-order valence-electron chi connectivity index (χ1n) is 6.75. The van der Waals surface area contributed by atoms with Crippen molar-refractivity contribution in [3.05, 3.63) is 29.8 Å². The molecule has 0 bridgehead atoms. The summed E-state index contributed by atoms with van der Waals surface area (Å²) in [6.07, 6.45) is 5.61. The molecule has 0 fully saturated rings. The Morgan fingerprint density at radius 1 is 1.30 bits per heavy atom. The van der Waals surface area contributed by atoms with Gasteiger partial charge < -0.3 is 5.32 Å². The van der Waals surface area contributed by atoms with Gasteiger partial charge in [-0.2, -0.15) is 5.10 Å². The summed E-state index contributed by atoms with van der Waals surface area (Å²) >= 11 is 0. The van der Waals surface area contributed by atoms with Gasteiger partial charge in [0.1, 0.15) is 0 Å². The summed E-state index contributed by atoms with van der Waals surface area (Å²) in [7, 11) is 0. The summed E-state index contributed by atoms with van der Waals surface area (Å²) in [6.45, 7) is 5.93. The highest BCUT2D eigenvalue weighted by Crippen LogP contribution is 2.10. The summed E-state index contributed by atoms with van der Waals surface area (Å²) in [4.78, 5) is 20.1. The zero-order valence-corrected chi connectivity index (χ0v) is 12.1. The first kappa shape index (κ1) is 14.2. The number of hydrogen-bond donors (Lipinski definition) is 1. The van der Waals surface area contributed by atoms with Crippen LogP contribution in [0.15, 0.2) is 18.5 Å². The van der Waals surface area contributed by atoms with Gasteiger partial charge in [-0.1, -0.05) is 13.3 Å².